The van der Waals surface area contributed by atoms with Crippen LogP contribution in [0.4, 0.5) is 0 Å². The molecule has 17 rings (SSSR count). The van der Waals surface area contributed by atoms with Gasteiger partial charge in [-0.1, -0.05) is 236 Å². The van der Waals surface area contributed by atoms with Gasteiger partial charge in [-0.05, 0) is 168 Å². The molecule has 0 N–H and O–H groups in total. The van der Waals surface area contributed by atoms with Crippen LogP contribution < -0.4 is 0 Å². The van der Waals surface area contributed by atoms with Crippen LogP contribution in [-0.2, 0) is 10.8 Å². The Morgan fingerprint density at radius 3 is 1.06 bits per heavy atom. The molecular formula is C78H53NO. The molecule has 0 amide bonds. The van der Waals surface area contributed by atoms with Gasteiger partial charge in [-0.15, -0.1) is 0 Å². The standard InChI is InChI=1S/C64H39NO.C14H14/c1-38-26-30-46-49-33-29-41(65-60-24-12-6-18-50(60)51-19-7-13-25-61(51)65)37-59(49)64(56(46)34-38)55-23-11-5-17-45(55)48-32-28-40(36-58(48)64)62(66)39-27-31-47-44-16-4-10-22-54(44)63(57(47)35-39)52-20-8-2-14-42(52)43-15-3-9-21-53(43)63;1-11-7-3-5-9-13(11)14-10-6-4-8-12(14)2/h2-37H,1H3;3-10H,1-2H3. The zero-order chi connectivity index (χ0) is 53.4. The third kappa shape index (κ3) is 6.22. The molecule has 2 heteroatoms. The van der Waals surface area contributed by atoms with E-state index in [2.05, 4.69) is 292 Å². The van der Waals surface area contributed by atoms with Crippen LogP contribution in [0, 0.1) is 20.8 Å². The topological polar surface area (TPSA) is 22.0 Å². The summed E-state index contributed by atoms with van der Waals surface area (Å²) >= 11 is 0. The van der Waals surface area contributed by atoms with E-state index >= 15 is 4.79 Å². The predicted molar refractivity (Wildman–Crippen MR) is 329 cm³/mol. The number of benzene rings is 12. The molecule has 4 aliphatic rings. The molecule has 12 aromatic carbocycles. The molecule has 376 valence electrons. The van der Waals surface area contributed by atoms with E-state index in [9.17, 15) is 0 Å². The summed E-state index contributed by atoms with van der Waals surface area (Å²) in [4.78, 5) is 15.5. The van der Waals surface area contributed by atoms with E-state index in [-0.39, 0.29) is 5.78 Å². The first-order valence-electron chi connectivity index (χ1n) is 27.9. The fourth-order valence-corrected chi connectivity index (χ4v) is 14.9. The van der Waals surface area contributed by atoms with Crippen LogP contribution in [0.2, 0.25) is 0 Å². The van der Waals surface area contributed by atoms with Crippen LogP contribution >= 0.6 is 0 Å². The van der Waals surface area contributed by atoms with Gasteiger partial charge in [0.15, 0.2) is 5.78 Å². The lowest BCUT2D eigenvalue weighted by Crippen LogP contribution is -2.27. The van der Waals surface area contributed by atoms with E-state index in [1.807, 2.05) is 0 Å². The number of ketones is 1. The van der Waals surface area contributed by atoms with Crippen molar-refractivity contribution in [1.82, 2.24) is 4.57 Å². The lowest BCUT2D eigenvalue weighted by atomic mass is 9.69. The van der Waals surface area contributed by atoms with E-state index in [1.54, 1.807) is 0 Å². The molecule has 1 atom stereocenters. The van der Waals surface area contributed by atoms with Crippen molar-refractivity contribution in [2.24, 2.45) is 0 Å². The van der Waals surface area contributed by atoms with Crippen molar-refractivity contribution in [3.63, 3.8) is 0 Å². The lowest BCUT2D eigenvalue weighted by molar-refractivity contribution is 0.103. The highest BCUT2D eigenvalue weighted by Gasteiger charge is 2.53. The molecule has 0 fully saturated rings. The van der Waals surface area contributed by atoms with E-state index in [1.165, 1.54) is 133 Å². The molecule has 0 radical (unpaired) electrons. The van der Waals surface area contributed by atoms with Gasteiger partial charge in [0.1, 0.15) is 0 Å². The van der Waals surface area contributed by atoms with Gasteiger partial charge in [0.2, 0.25) is 0 Å². The van der Waals surface area contributed by atoms with Gasteiger partial charge >= 0.3 is 0 Å². The first-order valence-corrected chi connectivity index (χ1v) is 27.9. The summed E-state index contributed by atoms with van der Waals surface area (Å²) in [7, 11) is 0. The second kappa shape index (κ2) is 17.3. The first kappa shape index (κ1) is 46.2. The van der Waals surface area contributed by atoms with Gasteiger partial charge in [-0.25, -0.2) is 0 Å². The van der Waals surface area contributed by atoms with Crippen molar-refractivity contribution in [2.45, 2.75) is 31.6 Å². The van der Waals surface area contributed by atoms with Gasteiger partial charge in [-0.3, -0.25) is 4.79 Å². The average Bonchev–Trinajstić information content (AvgIpc) is 3.45. The van der Waals surface area contributed by atoms with Crippen molar-refractivity contribution < 1.29 is 4.79 Å². The molecule has 0 saturated heterocycles. The summed E-state index contributed by atoms with van der Waals surface area (Å²) in [6, 6.07) is 96.9. The van der Waals surface area contributed by atoms with Crippen LogP contribution in [0.15, 0.2) is 267 Å². The molecule has 13 aromatic rings. The molecule has 80 heavy (non-hydrogen) atoms. The van der Waals surface area contributed by atoms with Crippen molar-refractivity contribution >= 4 is 27.6 Å². The molecule has 2 nitrogen and oxygen atoms in total. The van der Waals surface area contributed by atoms with E-state index in [0.29, 0.717) is 11.1 Å². The largest absolute Gasteiger partial charge is 0.309 e. The number of aromatic nitrogens is 1. The Bertz CT molecular complexity index is 4630. The normalized spacial score (nSPS) is 14.9. The van der Waals surface area contributed by atoms with Crippen LogP contribution in [-0.4, -0.2) is 10.4 Å². The highest BCUT2D eigenvalue weighted by atomic mass is 16.1. The zero-order valence-corrected chi connectivity index (χ0v) is 44.8. The Kier molecular flexibility index (Phi) is 10.00. The fraction of sp³-hybridized carbons (Fsp3) is 0.0641. The Morgan fingerprint density at radius 2 is 0.613 bits per heavy atom. The number of hydrogen-bond acceptors (Lipinski definition) is 1. The fourth-order valence-electron chi connectivity index (χ4n) is 14.9. The van der Waals surface area contributed by atoms with Crippen molar-refractivity contribution in [1.29, 1.82) is 0 Å². The molecule has 0 aliphatic heterocycles. The van der Waals surface area contributed by atoms with Crippen LogP contribution in [0.5, 0.6) is 0 Å². The summed E-state index contributed by atoms with van der Waals surface area (Å²) in [6.45, 7) is 6.51. The molecular weight excluding hydrogens is 967 g/mol. The maximum absolute atomic E-state index is 15.5. The van der Waals surface area contributed by atoms with Gasteiger partial charge in [0.05, 0.1) is 21.9 Å². The Hall–Kier alpha value is -9.89. The summed E-state index contributed by atoms with van der Waals surface area (Å²) in [5.74, 6) is 0.0269. The number of fused-ring (bicyclic) bond motifs is 23. The smallest absolute Gasteiger partial charge is 0.193 e. The summed E-state index contributed by atoms with van der Waals surface area (Å²) < 4.78 is 2.43. The average molecular weight is 1020 g/mol. The Labute approximate surface area is 466 Å². The minimum absolute atomic E-state index is 0.0269. The maximum atomic E-state index is 15.5. The predicted octanol–water partition coefficient (Wildman–Crippen LogP) is 19.0. The van der Waals surface area contributed by atoms with Gasteiger partial charge < -0.3 is 4.57 Å². The van der Waals surface area contributed by atoms with Crippen molar-refractivity contribution in [3.8, 4) is 61.3 Å². The second-order valence-electron chi connectivity index (χ2n) is 22.3. The molecule has 0 saturated carbocycles. The molecule has 1 unspecified atom stereocenters. The number of aryl methyl sites for hydroxylation is 3. The molecule has 1 aromatic heterocycles. The van der Waals surface area contributed by atoms with Gasteiger partial charge in [0.25, 0.3) is 0 Å². The van der Waals surface area contributed by atoms with Crippen LogP contribution in [0.1, 0.15) is 77.1 Å². The first-order chi connectivity index (χ1) is 39.3. The Morgan fingerprint density at radius 1 is 0.287 bits per heavy atom. The zero-order valence-electron chi connectivity index (χ0n) is 44.8. The minimum Gasteiger partial charge on any atom is -0.309 e. The maximum Gasteiger partial charge on any atom is 0.193 e. The molecule has 4 aliphatic carbocycles. The minimum atomic E-state index is -0.644. The molecule has 2 spiro atoms. The van der Waals surface area contributed by atoms with Crippen LogP contribution in [0.3, 0.4) is 0 Å². The van der Waals surface area contributed by atoms with Crippen LogP contribution in [0.25, 0.3) is 83.1 Å². The van der Waals surface area contributed by atoms with Gasteiger partial charge in [-0.2, -0.15) is 0 Å². The number of nitrogens with zero attached hydrogens (tertiary/aromatic N) is 1. The number of para-hydroxylation sites is 2. The highest BCUT2D eigenvalue weighted by Crippen LogP contribution is 2.65. The SMILES string of the molecule is Cc1ccc2c(c1)C1(c3ccccc3-c3ccc(C(=O)c4ccc5c(c4)C4(c6ccccc6-c6ccccc64)c4ccccc4-5)cc31)c1cc(-n3c4ccccc4c4ccccc43)ccc1-2.Cc1ccccc1-c1ccccc1C. The number of hydrogen-bond donors (Lipinski definition) is 0. The third-order valence-corrected chi connectivity index (χ3v) is 18.3. The second-order valence-corrected chi connectivity index (χ2v) is 22.3. The van der Waals surface area contributed by atoms with E-state index < -0.39 is 10.8 Å². The summed E-state index contributed by atoms with van der Waals surface area (Å²) in [6.07, 6.45) is 0. The molecule has 1 heterocycles. The van der Waals surface area contributed by atoms with Gasteiger partial charge in [0, 0.05) is 27.6 Å². The van der Waals surface area contributed by atoms with Crippen molar-refractivity contribution in [3.05, 3.63) is 339 Å². The summed E-state index contributed by atoms with van der Waals surface area (Å²) in [5, 5.41) is 2.48. The molecule has 0 bridgehead atoms. The van der Waals surface area contributed by atoms with E-state index in [4.69, 9.17) is 0 Å². The number of rotatable bonds is 4. The monoisotopic (exact) mass is 1020 g/mol. The lowest BCUT2D eigenvalue weighted by Gasteiger charge is -2.31. The number of carbonyl (C=O) groups is 1. The Balaban J connectivity index is 0.000000332. The van der Waals surface area contributed by atoms with Crippen molar-refractivity contribution in [2.75, 3.05) is 0 Å². The third-order valence-electron chi connectivity index (χ3n) is 18.3. The quantitative estimate of drug-likeness (QED) is 0.161. The number of carbonyl (C=O) groups excluding carboxylic acids is 1. The van der Waals surface area contributed by atoms with E-state index in [0.717, 1.165) is 11.3 Å². The highest BCUT2D eigenvalue weighted by molar-refractivity contribution is 6.12. The summed E-state index contributed by atoms with van der Waals surface area (Å²) in [5.41, 5.74) is 30.0.